The van der Waals surface area contributed by atoms with Crippen LogP contribution in [0.2, 0.25) is 0 Å². The zero-order chi connectivity index (χ0) is 11.3. The molecule has 0 fully saturated rings. The number of thioether (sulfide) groups is 1. The van der Waals surface area contributed by atoms with Gasteiger partial charge < -0.3 is 5.11 Å². The second-order valence-corrected chi connectivity index (χ2v) is 5.69. The summed E-state index contributed by atoms with van der Waals surface area (Å²) in [5, 5.41) is 8.65. The fourth-order valence-electron chi connectivity index (χ4n) is 1.07. The number of nitrogens with zero attached hydrogens (tertiary/aromatic N) is 2. The fourth-order valence-corrected chi connectivity index (χ4v) is 3.04. The van der Waals surface area contributed by atoms with E-state index in [4.69, 9.17) is 5.11 Å². The third-order valence-electron chi connectivity index (χ3n) is 1.69. The number of carbonyl (C=O) groups is 1. The van der Waals surface area contributed by atoms with Gasteiger partial charge in [-0.05, 0) is 18.0 Å². The molecule has 1 unspecified atom stereocenters. The lowest BCUT2D eigenvalue weighted by molar-refractivity contribution is -0.136. The van der Waals surface area contributed by atoms with Crippen LogP contribution in [0.3, 0.4) is 0 Å². The number of rotatable bonds is 6. The quantitative estimate of drug-likeness (QED) is 0.781. The Kier molecular flexibility index (Phi) is 5.04. The maximum atomic E-state index is 10.5. The lowest BCUT2D eigenvalue weighted by Crippen LogP contribution is -2.05. The molecule has 0 spiro atoms. The minimum Gasteiger partial charge on any atom is -0.481 e. The van der Waals surface area contributed by atoms with Gasteiger partial charge in [0.15, 0.2) is 4.34 Å². The number of hydrogen-bond acceptors (Lipinski definition) is 5. The van der Waals surface area contributed by atoms with Crippen molar-refractivity contribution in [3.05, 3.63) is 5.82 Å². The van der Waals surface area contributed by atoms with Crippen molar-refractivity contribution < 1.29 is 9.90 Å². The molecule has 1 heterocycles. The van der Waals surface area contributed by atoms with E-state index in [1.54, 1.807) is 0 Å². The summed E-state index contributed by atoms with van der Waals surface area (Å²) in [6.45, 7) is 3.97. The topological polar surface area (TPSA) is 63.1 Å². The Morgan fingerprint density at radius 2 is 2.40 bits per heavy atom. The van der Waals surface area contributed by atoms with Crippen LogP contribution in [0, 0.1) is 0 Å². The number of aliphatic carboxylic acids is 1. The molecule has 1 aromatic rings. The van der Waals surface area contributed by atoms with Gasteiger partial charge in [0, 0.05) is 11.7 Å². The molecule has 0 bridgehead atoms. The normalized spacial score (nSPS) is 12.7. The average Bonchev–Trinajstić information content (AvgIpc) is 2.51. The van der Waals surface area contributed by atoms with Crippen LogP contribution >= 0.6 is 23.3 Å². The molecule has 15 heavy (non-hydrogen) atoms. The largest absolute Gasteiger partial charge is 0.481 e. The Bertz CT molecular complexity index is 328. The SMILES string of the molecule is CCCc1nsc(SC(C)CC(=O)O)n1. The molecule has 1 N–H and O–H groups in total. The maximum Gasteiger partial charge on any atom is 0.304 e. The van der Waals surface area contributed by atoms with Crippen LogP contribution in [0.4, 0.5) is 0 Å². The van der Waals surface area contributed by atoms with Crippen LogP contribution in [0.1, 0.15) is 32.5 Å². The zero-order valence-corrected chi connectivity index (χ0v) is 10.4. The zero-order valence-electron chi connectivity index (χ0n) is 8.77. The number of hydrogen-bond donors (Lipinski definition) is 1. The van der Waals surface area contributed by atoms with Gasteiger partial charge in [-0.15, -0.1) is 0 Å². The van der Waals surface area contributed by atoms with Gasteiger partial charge in [0.25, 0.3) is 0 Å². The monoisotopic (exact) mass is 246 g/mol. The highest BCUT2D eigenvalue weighted by Crippen LogP contribution is 2.26. The molecule has 0 aromatic carbocycles. The van der Waals surface area contributed by atoms with Crippen molar-refractivity contribution in [1.29, 1.82) is 0 Å². The Labute approximate surface area is 97.3 Å². The van der Waals surface area contributed by atoms with Crippen LogP contribution in [0.25, 0.3) is 0 Å². The molecule has 1 rings (SSSR count). The van der Waals surface area contributed by atoms with Crippen molar-refractivity contribution in [2.45, 2.75) is 42.7 Å². The smallest absolute Gasteiger partial charge is 0.304 e. The van der Waals surface area contributed by atoms with Gasteiger partial charge in [-0.25, -0.2) is 4.98 Å². The van der Waals surface area contributed by atoms with Gasteiger partial charge in [-0.1, -0.05) is 25.6 Å². The van der Waals surface area contributed by atoms with Gasteiger partial charge in [-0.3, -0.25) is 4.79 Å². The highest BCUT2D eigenvalue weighted by atomic mass is 32.2. The van der Waals surface area contributed by atoms with Crippen molar-refractivity contribution in [2.75, 3.05) is 0 Å². The predicted octanol–water partition coefficient (Wildman–Crippen LogP) is 2.45. The lowest BCUT2D eigenvalue weighted by atomic mass is 10.3. The number of aryl methyl sites for hydroxylation is 1. The molecule has 0 saturated carbocycles. The lowest BCUT2D eigenvalue weighted by Gasteiger charge is -2.03. The van der Waals surface area contributed by atoms with E-state index in [1.807, 2.05) is 6.92 Å². The summed E-state index contributed by atoms with van der Waals surface area (Å²) in [5.41, 5.74) is 0. The van der Waals surface area contributed by atoms with E-state index in [2.05, 4.69) is 16.3 Å². The molecule has 1 aromatic heterocycles. The summed E-state index contributed by atoms with van der Waals surface area (Å²) in [6.07, 6.45) is 2.09. The van der Waals surface area contributed by atoms with Crippen LogP contribution in [0.5, 0.6) is 0 Å². The van der Waals surface area contributed by atoms with Crippen LogP contribution in [-0.2, 0) is 11.2 Å². The van der Waals surface area contributed by atoms with Crippen molar-refractivity contribution in [1.82, 2.24) is 9.36 Å². The molecule has 4 nitrogen and oxygen atoms in total. The molecule has 0 amide bonds. The molecule has 6 heteroatoms. The van der Waals surface area contributed by atoms with Crippen molar-refractivity contribution in [2.24, 2.45) is 0 Å². The minimum atomic E-state index is -0.770. The highest BCUT2D eigenvalue weighted by molar-refractivity contribution is 8.01. The highest BCUT2D eigenvalue weighted by Gasteiger charge is 2.12. The van der Waals surface area contributed by atoms with E-state index in [-0.39, 0.29) is 11.7 Å². The second-order valence-electron chi connectivity index (χ2n) is 3.25. The van der Waals surface area contributed by atoms with Gasteiger partial charge in [0.05, 0.1) is 6.42 Å². The molecule has 0 aliphatic heterocycles. The van der Waals surface area contributed by atoms with E-state index in [0.29, 0.717) is 0 Å². The first-order valence-electron chi connectivity index (χ1n) is 4.82. The number of aromatic nitrogens is 2. The second kappa shape index (κ2) is 6.07. The van der Waals surface area contributed by atoms with Crippen molar-refractivity contribution in [3.8, 4) is 0 Å². The number of carboxylic acids is 1. The van der Waals surface area contributed by atoms with Crippen LogP contribution in [-0.4, -0.2) is 25.7 Å². The van der Waals surface area contributed by atoms with Gasteiger partial charge in [0.2, 0.25) is 0 Å². The van der Waals surface area contributed by atoms with Gasteiger partial charge >= 0.3 is 5.97 Å². The Morgan fingerprint density at radius 3 is 3.00 bits per heavy atom. The van der Waals surface area contributed by atoms with Crippen molar-refractivity contribution >= 4 is 29.3 Å². The summed E-state index contributed by atoms with van der Waals surface area (Å²) in [5.74, 6) is 0.0980. The molecule has 84 valence electrons. The molecular weight excluding hydrogens is 232 g/mol. The van der Waals surface area contributed by atoms with E-state index >= 15 is 0 Å². The first-order chi connectivity index (χ1) is 7.11. The molecule has 1 atom stereocenters. The summed E-state index contributed by atoms with van der Waals surface area (Å²) < 4.78 is 5.07. The molecule has 0 aliphatic carbocycles. The fraction of sp³-hybridized carbons (Fsp3) is 0.667. The average molecular weight is 246 g/mol. The summed E-state index contributed by atoms with van der Waals surface area (Å²) in [7, 11) is 0. The third kappa shape index (κ3) is 4.61. The third-order valence-corrected chi connectivity index (χ3v) is 3.61. The van der Waals surface area contributed by atoms with E-state index in [9.17, 15) is 4.79 Å². The predicted molar refractivity (Wildman–Crippen MR) is 61.5 cm³/mol. The molecule has 0 radical (unpaired) electrons. The Hall–Kier alpha value is -0.620. The number of carboxylic acid groups (broad SMARTS) is 1. The Morgan fingerprint density at radius 1 is 1.67 bits per heavy atom. The summed E-state index contributed by atoms with van der Waals surface area (Å²) in [6, 6.07) is 0. The van der Waals surface area contributed by atoms with E-state index < -0.39 is 5.97 Å². The van der Waals surface area contributed by atoms with Crippen LogP contribution in [0.15, 0.2) is 4.34 Å². The summed E-state index contributed by atoms with van der Waals surface area (Å²) >= 11 is 2.84. The standard InChI is InChI=1S/C9H14N2O2S2/c1-3-4-7-10-9(15-11-7)14-6(2)5-8(12)13/h6H,3-5H2,1-2H3,(H,12,13). The summed E-state index contributed by atoms with van der Waals surface area (Å²) in [4.78, 5) is 14.8. The van der Waals surface area contributed by atoms with Crippen molar-refractivity contribution in [3.63, 3.8) is 0 Å². The van der Waals surface area contributed by atoms with Gasteiger partial charge in [0.1, 0.15) is 5.82 Å². The first kappa shape index (κ1) is 12.4. The van der Waals surface area contributed by atoms with Gasteiger partial charge in [-0.2, -0.15) is 4.37 Å². The molecule has 0 aliphatic rings. The van der Waals surface area contributed by atoms with Crippen LogP contribution < -0.4 is 0 Å². The van der Waals surface area contributed by atoms with E-state index in [0.717, 1.165) is 23.0 Å². The van der Waals surface area contributed by atoms with E-state index in [1.165, 1.54) is 23.3 Å². The molecular formula is C9H14N2O2S2. The Balaban J connectivity index is 2.45. The molecule has 0 saturated heterocycles. The first-order valence-corrected chi connectivity index (χ1v) is 6.48. The maximum absolute atomic E-state index is 10.5. The minimum absolute atomic E-state index is 0.0462.